The fourth-order valence-electron chi connectivity index (χ4n) is 3.02. The van der Waals surface area contributed by atoms with Crippen molar-refractivity contribution >= 4 is 34.7 Å². The Kier molecular flexibility index (Phi) is 4.65. The number of amides is 2. The van der Waals surface area contributed by atoms with E-state index in [0.29, 0.717) is 36.6 Å². The van der Waals surface area contributed by atoms with Gasteiger partial charge in [-0.2, -0.15) is 10.2 Å². The molecule has 136 valence electrons. The molecule has 2 amide bonds. The van der Waals surface area contributed by atoms with Crippen LogP contribution in [0.4, 0.5) is 11.4 Å². The molecule has 0 radical (unpaired) electrons. The molecule has 0 fully saturated rings. The number of carbonyl (C=O) groups excluding carboxylic acids is 2. The van der Waals surface area contributed by atoms with E-state index in [1.165, 1.54) is 5.01 Å². The van der Waals surface area contributed by atoms with Crippen molar-refractivity contribution < 1.29 is 9.59 Å². The first-order valence-electron chi connectivity index (χ1n) is 8.87. The van der Waals surface area contributed by atoms with Gasteiger partial charge in [-0.25, -0.2) is 5.01 Å². The van der Waals surface area contributed by atoms with Gasteiger partial charge in [-0.3, -0.25) is 14.6 Å². The quantitative estimate of drug-likeness (QED) is 0.912. The standard InChI is InChI=1S/C20H19N5O2/c26-19-12-11-17(22-25(19)16-9-5-2-6-10-16)20(27)21-18-13-14-24(23-18)15-7-3-1-4-8-15/h1-10H,11-14H2,(H,21,23,27). The number of hydrogen-bond donors (Lipinski definition) is 1. The van der Waals surface area contributed by atoms with Crippen LogP contribution in [-0.4, -0.2) is 29.9 Å². The smallest absolute Gasteiger partial charge is 0.272 e. The van der Waals surface area contributed by atoms with Gasteiger partial charge >= 0.3 is 0 Å². The summed E-state index contributed by atoms with van der Waals surface area (Å²) in [6.45, 7) is 0.709. The highest BCUT2D eigenvalue weighted by molar-refractivity contribution is 6.42. The van der Waals surface area contributed by atoms with Gasteiger partial charge in [-0.15, -0.1) is 0 Å². The van der Waals surface area contributed by atoms with Crippen LogP contribution in [0.3, 0.4) is 0 Å². The molecule has 2 aliphatic heterocycles. The lowest BCUT2D eigenvalue weighted by Gasteiger charge is -2.23. The van der Waals surface area contributed by atoms with E-state index >= 15 is 0 Å². The molecule has 0 atom stereocenters. The fourth-order valence-corrected chi connectivity index (χ4v) is 3.02. The van der Waals surface area contributed by atoms with Crippen LogP contribution in [0.1, 0.15) is 19.3 Å². The lowest BCUT2D eigenvalue weighted by molar-refractivity contribution is -0.118. The molecular weight excluding hydrogens is 342 g/mol. The number of rotatable bonds is 3. The van der Waals surface area contributed by atoms with E-state index in [1.807, 2.05) is 53.5 Å². The van der Waals surface area contributed by atoms with Crippen molar-refractivity contribution in [2.24, 2.45) is 10.2 Å². The van der Waals surface area contributed by atoms with E-state index in [0.717, 1.165) is 5.69 Å². The molecule has 0 aliphatic carbocycles. The van der Waals surface area contributed by atoms with Crippen LogP contribution in [-0.2, 0) is 9.59 Å². The van der Waals surface area contributed by atoms with Crippen LogP contribution < -0.4 is 15.3 Å². The molecule has 2 aliphatic rings. The summed E-state index contributed by atoms with van der Waals surface area (Å²) < 4.78 is 0. The Hall–Kier alpha value is -3.48. The van der Waals surface area contributed by atoms with Gasteiger partial charge in [-0.1, -0.05) is 36.4 Å². The summed E-state index contributed by atoms with van der Waals surface area (Å²) in [4.78, 5) is 24.8. The van der Waals surface area contributed by atoms with Crippen molar-refractivity contribution in [3.63, 3.8) is 0 Å². The van der Waals surface area contributed by atoms with E-state index in [2.05, 4.69) is 15.5 Å². The van der Waals surface area contributed by atoms with Crippen molar-refractivity contribution in [3.8, 4) is 0 Å². The average Bonchev–Trinajstić information content (AvgIpc) is 3.18. The monoisotopic (exact) mass is 361 g/mol. The number of carbonyl (C=O) groups is 2. The van der Waals surface area contributed by atoms with Crippen molar-refractivity contribution in [2.45, 2.75) is 19.3 Å². The van der Waals surface area contributed by atoms with Crippen LogP contribution in [0.15, 0.2) is 70.9 Å². The Morgan fingerprint density at radius 2 is 1.52 bits per heavy atom. The number of nitrogens with one attached hydrogen (secondary N) is 1. The number of para-hydroxylation sites is 2. The third kappa shape index (κ3) is 3.72. The summed E-state index contributed by atoms with van der Waals surface area (Å²) >= 11 is 0. The minimum atomic E-state index is -0.308. The minimum Gasteiger partial charge on any atom is -0.307 e. The second-order valence-corrected chi connectivity index (χ2v) is 6.30. The number of hydrogen-bond acceptors (Lipinski definition) is 5. The number of anilines is 2. The first kappa shape index (κ1) is 17.0. The zero-order chi connectivity index (χ0) is 18.6. The molecule has 7 heteroatoms. The maximum absolute atomic E-state index is 12.6. The summed E-state index contributed by atoms with van der Waals surface area (Å²) in [5.74, 6) is 0.179. The number of amidine groups is 1. The van der Waals surface area contributed by atoms with Crippen molar-refractivity contribution in [1.82, 2.24) is 5.32 Å². The molecule has 0 bridgehead atoms. The second-order valence-electron chi connectivity index (χ2n) is 6.30. The van der Waals surface area contributed by atoms with Crippen LogP contribution in [0.25, 0.3) is 0 Å². The van der Waals surface area contributed by atoms with Gasteiger partial charge < -0.3 is 5.32 Å². The van der Waals surface area contributed by atoms with Crippen LogP contribution >= 0.6 is 0 Å². The summed E-state index contributed by atoms with van der Waals surface area (Å²) in [6, 6.07) is 18.9. The van der Waals surface area contributed by atoms with Crippen LogP contribution in [0.5, 0.6) is 0 Å². The van der Waals surface area contributed by atoms with E-state index < -0.39 is 0 Å². The zero-order valence-corrected chi connectivity index (χ0v) is 14.7. The molecule has 2 aromatic carbocycles. The van der Waals surface area contributed by atoms with Gasteiger partial charge in [0.05, 0.1) is 11.4 Å². The Balaban J connectivity index is 1.47. The van der Waals surface area contributed by atoms with Gasteiger partial charge in [0.15, 0.2) is 0 Å². The molecule has 7 nitrogen and oxygen atoms in total. The van der Waals surface area contributed by atoms with Crippen molar-refractivity contribution in [2.75, 3.05) is 16.6 Å². The van der Waals surface area contributed by atoms with Gasteiger partial charge in [0.2, 0.25) is 5.91 Å². The number of hydrazone groups is 2. The number of nitrogens with zero attached hydrogens (tertiary/aromatic N) is 4. The number of benzene rings is 2. The van der Waals surface area contributed by atoms with Crippen molar-refractivity contribution in [3.05, 3.63) is 60.7 Å². The second kappa shape index (κ2) is 7.41. The van der Waals surface area contributed by atoms with Gasteiger partial charge in [0.1, 0.15) is 11.5 Å². The lowest BCUT2D eigenvalue weighted by atomic mass is 10.1. The molecular formula is C20H19N5O2. The zero-order valence-electron chi connectivity index (χ0n) is 14.7. The molecule has 2 aromatic rings. The molecule has 2 heterocycles. The highest BCUT2D eigenvalue weighted by Crippen LogP contribution is 2.20. The maximum atomic E-state index is 12.6. The third-order valence-electron chi connectivity index (χ3n) is 4.41. The molecule has 27 heavy (non-hydrogen) atoms. The summed E-state index contributed by atoms with van der Waals surface area (Å²) in [5.41, 5.74) is 1.97. The predicted octanol–water partition coefficient (Wildman–Crippen LogP) is 2.51. The third-order valence-corrected chi connectivity index (χ3v) is 4.41. The Bertz CT molecular complexity index is 908. The Morgan fingerprint density at radius 1 is 0.852 bits per heavy atom. The summed E-state index contributed by atoms with van der Waals surface area (Å²) in [7, 11) is 0. The van der Waals surface area contributed by atoms with Crippen LogP contribution in [0, 0.1) is 0 Å². The molecule has 0 spiro atoms. The molecule has 4 rings (SSSR count). The topological polar surface area (TPSA) is 77.4 Å². The van der Waals surface area contributed by atoms with Crippen LogP contribution in [0.2, 0.25) is 0 Å². The Labute approximate surface area is 157 Å². The summed E-state index contributed by atoms with van der Waals surface area (Å²) in [6.07, 6.45) is 1.22. The van der Waals surface area contributed by atoms with E-state index in [-0.39, 0.29) is 18.2 Å². The van der Waals surface area contributed by atoms with E-state index in [1.54, 1.807) is 12.1 Å². The highest BCUT2D eigenvalue weighted by atomic mass is 16.2. The first-order valence-corrected chi connectivity index (χ1v) is 8.87. The minimum absolute atomic E-state index is 0.119. The normalized spacial score (nSPS) is 16.8. The van der Waals surface area contributed by atoms with E-state index in [4.69, 9.17) is 0 Å². The fraction of sp³-hybridized carbons (Fsp3) is 0.200. The molecule has 0 aromatic heterocycles. The Morgan fingerprint density at radius 3 is 2.22 bits per heavy atom. The first-order chi connectivity index (χ1) is 13.2. The summed E-state index contributed by atoms with van der Waals surface area (Å²) in [5, 5.41) is 14.7. The molecule has 0 unspecified atom stereocenters. The molecule has 1 N–H and O–H groups in total. The van der Waals surface area contributed by atoms with Gasteiger partial charge in [0.25, 0.3) is 5.91 Å². The maximum Gasteiger partial charge on any atom is 0.272 e. The molecule has 0 saturated carbocycles. The van der Waals surface area contributed by atoms with Gasteiger partial charge in [0, 0.05) is 25.8 Å². The SMILES string of the molecule is O=C(NC1=NN(c2ccccc2)CC1)C1=NN(c2ccccc2)C(=O)CC1. The average molecular weight is 361 g/mol. The van der Waals surface area contributed by atoms with Gasteiger partial charge in [-0.05, 0) is 24.3 Å². The predicted molar refractivity (Wildman–Crippen MR) is 105 cm³/mol. The lowest BCUT2D eigenvalue weighted by Crippen LogP contribution is -2.41. The van der Waals surface area contributed by atoms with E-state index in [9.17, 15) is 9.59 Å². The molecule has 0 saturated heterocycles. The van der Waals surface area contributed by atoms with Crippen molar-refractivity contribution in [1.29, 1.82) is 0 Å². The highest BCUT2D eigenvalue weighted by Gasteiger charge is 2.27. The largest absolute Gasteiger partial charge is 0.307 e.